The summed E-state index contributed by atoms with van der Waals surface area (Å²) in [5, 5.41) is 10.6. The van der Waals surface area contributed by atoms with E-state index in [1.54, 1.807) is 0 Å². The average Bonchev–Trinajstić information content (AvgIpc) is 3.57. The van der Waals surface area contributed by atoms with Gasteiger partial charge in [0.15, 0.2) is 12.2 Å². The zero-order valence-corrected chi connectivity index (χ0v) is 57.4. The number of hydrogen-bond acceptors (Lipinski definition) is 15. The van der Waals surface area contributed by atoms with Crippen LogP contribution in [0, 0.1) is 11.8 Å². The van der Waals surface area contributed by atoms with Gasteiger partial charge in [-0.2, -0.15) is 0 Å². The maximum Gasteiger partial charge on any atom is 0.472 e. The number of aliphatic hydroxyl groups excluding tert-OH is 1. The number of unbranched alkanes of at least 4 members (excludes halogenated alkanes) is 35. The number of carbonyl (C=O) groups is 4. The fourth-order valence-electron chi connectivity index (χ4n) is 10.0. The molecule has 0 saturated heterocycles. The fourth-order valence-corrected chi connectivity index (χ4v) is 11.6. The van der Waals surface area contributed by atoms with Gasteiger partial charge < -0.3 is 33.8 Å². The van der Waals surface area contributed by atoms with E-state index in [1.807, 2.05) is 0 Å². The lowest BCUT2D eigenvalue weighted by atomic mass is 10.00. The number of esters is 4. The van der Waals surface area contributed by atoms with Crippen molar-refractivity contribution in [3.8, 4) is 0 Å². The molecule has 0 radical (unpaired) electrons. The summed E-state index contributed by atoms with van der Waals surface area (Å²) in [5.74, 6) is -0.669. The van der Waals surface area contributed by atoms with Crippen LogP contribution in [0.4, 0.5) is 0 Å². The summed E-state index contributed by atoms with van der Waals surface area (Å²) in [6, 6.07) is 0. The zero-order chi connectivity index (χ0) is 63.6. The van der Waals surface area contributed by atoms with Crippen LogP contribution in [0.5, 0.6) is 0 Å². The molecule has 0 aromatic heterocycles. The Labute approximate surface area is 524 Å². The van der Waals surface area contributed by atoms with Gasteiger partial charge in [0.2, 0.25) is 0 Å². The van der Waals surface area contributed by atoms with E-state index in [2.05, 4.69) is 41.5 Å². The smallest absolute Gasteiger partial charge is 0.462 e. The van der Waals surface area contributed by atoms with Crippen LogP contribution < -0.4 is 0 Å². The van der Waals surface area contributed by atoms with Gasteiger partial charge in [0.25, 0.3) is 0 Å². The van der Waals surface area contributed by atoms with Gasteiger partial charge in [-0.3, -0.25) is 37.3 Å². The van der Waals surface area contributed by atoms with Crippen LogP contribution in [-0.2, 0) is 65.4 Å². The summed E-state index contributed by atoms with van der Waals surface area (Å²) < 4.78 is 68.1. The van der Waals surface area contributed by atoms with Crippen molar-refractivity contribution in [3.63, 3.8) is 0 Å². The third-order valence-electron chi connectivity index (χ3n) is 15.8. The molecule has 0 saturated carbocycles. The predicted octanol–water partition coefficient (Wildman–Crippen LogP) is 18.8. The van der Waals surface area contributed by atoms with Gasteiger partial charge in [-0.15, -0.1) is 0 Å². The van der Waals surface area contributed by atoms with Gasteiger partial charge in [-0.1, -0.05) is 286 Å². The molecule has 0 amide bonds. The highest BCUT2D eigenvalue weighted by Crippen LogP contribution is 2.45. The molecule has 0 spiro atoms. The first-order valence-corrected chi connectivity index (χ1v) is 38.0. The van der Waals surface area contributed by atoms with Crippen molar-refractivity contribution in [2.24, 2.45) is 11.8 Å². The molecule has 0 aliphatic rings. The molecule has 6 atom stereocenters. The number of aliphatic hydroxyl groups is 1. The summed E-state index contributed by atoms with van der Waals surface area (Å²) in [4.78, 5) is 72.3. The lowest BCUT2D eigenvalue weighted by Gasteiger charge is -2.21. The van der Waals surface area contributed by atoms with Crippen molar-refractivity contribution >= 4 is 39.5 Å². The molecule has 0 aliphatic heterocycles. The Hall–Kier alpha value is -1.94. The van der Waals surface area contributed by atoms with Gasteiger partial charge in [-0.25, -0.2) is 9.13 Å². The largest absolute Gasteiger partial charge is 0.472 e. The molecule has 0 rings (SSSR count). The summed E-state index contributed by atoms with van der Waals surface area (Å²) in [6.45, 7) is 9.43. The van der Waals surface area contributed by atoms with Gasteiger partial charge >= 0.3 is 39.5 Å². The van der Waals surface area contributed by atoms with E-state index in [1.165, 1.54) is 148 Å². The number of phosphoric ester groups is 2. The molecule has 0 aromatic rings. The lowest BCUT2D eigenvalue weighted by molar-refractivity contribution is -0.161. The van der Waals surface area contributed by atoms with E-state index < -0.39 is 97.5 Å². The fraction of sp³-hybridized carbons (Fsp3) is 0.940. The van der Waals surface area contributed by atoms with Gasteiger partial charge in [0, 0.05) is 25.7 Å². The monoisotopic (exact) mass is 1270 g/mol. The Morgan fingerprint density at radius 1 is 0.337 bits per heavy atom. The van der Waals surface area contributed by atoms with Crippen molar-refractivity contribution in [2.75, 3.05) is 39.6 Å². The number of ether oxygens (including phenoxy) is 4. The van der Waals surface area contributed by atoms with Crippen molar-refractivity contribution in [2.45, 2.75) is 355 Å². The van der Waals surface area contributed by atoms with E-state index in [0.29, 0.717) is 25.7 Å². The van der Waals surface area contributed by atoms with Crippen LogP contribution in [0.2, 0.25) is 0 Å². The molecule has 0 fully saturated rings. The molecule has 510 valence electrons. The molecule has 3 unspecified atom stereocenters. The average molecular weight is 1270 g/mol. The third-order valence-corrected chi connectivity index (χ3v) is 17.7. The third kappa shape index (κ3) is 59.7. The van der Waals surface area contributed by atoms with Crippen LogP contribution >= 0.6 is 15.6 Å². The van der Waals surface area contributed by atoms with E-state index >= 15 is 0 Å². The number of hydrogen-bond donors (Lipinski definition) is 3. The maximum absolute atomic E-state index is 13.0. The molecule has 86 heavy (non-hydrogen) atoms. The predicted molar refractivity (Wildman–Crippen MR) is 345 cm³/mol. The van der Waals surface area contributed by atoms with Gasteiger partial charge in [0.1, 0.15) is 19.3 Å². The molecule has 0 aliphatic carbocycles. The Morgan fingerprint density at radius 3 is 0.884 bits per heavy atom. The molecule has 0 bridgehead atoms. The summed E-state index contributed by atoms with van der Waals surface area (Å²) in [7, 11) is -9.89. The number of carbonyl (C=O) groups excluding carboxylic acids is 4. The van der Waals surface area contributed by atoms with Gasteiger partial charge in [-0.05, 0) is 37.5 Å². The highest BCUT2D eigenvalue weighted by atomic mass is 31.2. The first kappa shape index (κ1) is 84.1. The summed E-state index contributed by atoms with van der Waals surface area (Å²) in [6.07, 6.45) is 43.2. The molecule has 0 heterocycles. The molecule has 3 N–H and O–H groups in total. The number of rotatable bonds is 66. The van der Waals surface area contributed by atoms with Crippen LogP contribution in [-0.4, -0.2) is 96.7 Å². The van der Waals surface area contributed by atoms with Crippen LogP contribution in [0.25, 0.3) is 0 Å². The second-order valence-corrected chi connectivity index (χ2v) is 27.8. The minimum Gasteiger partial charge on any atom is -0.462 e. The number of phosphoric acid groups is 2. The highest BCUT2D eigenvalue weighted by molar-refractivity contribution is 7.47. The van der Waals surface area contributed by atoms with Crippen molar-refractivity contribution in [1.29, 1.82) is 0 Å². The molecular formula is C67H130O17P2. The normalized spacial score (nSPS) is 14.5. The first-order valence-electron chi connectivity index (χ1n) is 35.0. The van der Waals surface area contributed by atoms with Crippen molar-refractivity contribution in [3.05, 3.63) is 0 Å². The standard InChI is InChI=1S/C67H130O17P2/c1-7-10-12-14-16-18-19-20-21-22-23-24-27-32-39-45-51-66(71)83-62(55-78-65(70)50-44-38-31-28-25-26-29-35-41-47-59(4)5)57-81-85(73,74)79-53-61(68)54-80-86(75,76)82-58-63(56-77-64(69)49-43-37-30-17-15-13-11-8-2)84-67(72)52-46-40-34-33-36-42-48-60(6)9-3/h59-63,68H,7-58H2,1-6H3,(H,73,74)(H,75,76)/t60?,61-,62-,63-/m1/s1. The summed E-state index contributed by atoms with van der Waals surface area (Å²) in [5.41, 5.74) is 0. The molecule has 0 aromatic carbocycles. The quantitative estimate of drug-likeness (QED) is 0.0222. The van der Waals surface area contributed by atoms with Crippen molar-refractivity contribution in [1.82, 2.24) is 0 Å². The van der Waals surface area contributed by atoms with Gasteiger partial charge in [0.05, 0.1) is 26.4 Å². The highest BCUT2D eigenvalue weighted by Gasteiger charge is 2.30. The topological polar surface area (TPSA) is 237 Å². The van der Waals surface area contributed by atoms with E-state index in [-0.39, 0.29) is 25.7 Å². The SMILES string of the molecule is CCCCCCCCCCCCCCCCCCC(=O)O[C@H](COC(=O)CCCCCCCCCCCC(C)C)COP(=O)(O)OC[C@@H](O)COP(=O)(O)OC[C@@H](COC(=O)CCCCCCCCCC)OC(=O)CCCCCCCCC(C)CC. The minimum atomic E-state index is -4.95. The van der Waals surface area contributed by atoms with Crippen molar-refractivity contribution < 1.29 is 80.2 Å². The van der Waals surface area contributed by atoms with E-state index in [0.717, 1.165) is 108 Å². The summed E-state index contributed by atoms with van der Waals surface area (Å²) >= 11 is 0. The lowest BCUT2D eigenvalue weighted by Crippen LogP contribution is -2.30. The Bertz CT molecular complexity index is 1690. The maximum atomic E-state index is 13.0. The Balaban J connectivity index is 5.22. The van der Waals surface area contributed by atoms with Crippen LogP contribution in [0.1, 0.15) is 337 Å². The molecule has 17 nitrogen and oxygen atoms in total. The first-order chi connectivity index (χ1) is 41.4. The van der Waals surface area contributed by atoms with E-state index in [9.17, 15) is 43.2 Å². The van der Waals surface area contributed by atoms with Crippen LogP contribution in [0.3, 0.4) is 0 Å². The second-order valence-electron chi connectivity index (χ2n) is 24.9. The Kier molecular flexibility index (Phi) is 58.0. The van der Waals surface area contributed by atoms with Crippen LogP contribution in [0.15, 0.2) is 0 Å². The minimum absolute atomic E-state index is 0.103. The van der Waals surface area contributed by atoms with E-state index in [4.69, 9.17) is 37.0 Å². The molecule has 19 heteroatoms. The Morgan fingerprint density at radius 2 is 0.593 bits per heavy atom. The second kappa shape index (κ2) is 59.4. The molecular weight excluding hydrogens is 1140 g/mol. The zero-order valence-electron chi connectivity index (χ0n) is 55.6.